The van der Waals surface area contributed by atoms with Crippen LogP contribution in [0.3, 0.4) is 0 Å². The summed E-state index contributed by atoms with van der Waals surface area (Å²) in [6.07, 6.45) is 3.20. The number of nitrogens with one attached hydrogen (secondary N) is 1. The van der Waals surface area contributed by atoms with E-state index in [1.807, 2.05) is 6.07 Å². The van der Waals surface area contributed by atoms with Crippen molar-refractivity contribution >= 4 is 34.7 Å². The second-order valence-corrected chi connectivity index (χ2v) is 3.77. The van der Waals surface area contributed by atoms with Crippen LogP contribution in [0.15, 0.2) is 29.6 Å². The Morgan fingerprint density at radius 3 is 3.18 bits per heavy atom. The predicted octanol–water partition coefficient (Wildman–Crippen LogP) is 2.26. The molecule has 2 aromatic rings. The third-order valence-corrected chi connectivity index (χ3v) is 2.37. The van der Waals surface area contributed by atoms with Gasteiger partial charge in [0.1, 0.15) is 0 Å². The molecule has 0 saturated heterocycles. The van der Waals surface area contributed by atoms with Crippen LogP contribution < -0.4 is 0 Å². The Hall–Kier alpha value is -2.01. The lowest BCUT2D eigenvalue weighted by Gasteiger charge is -1.93. The summed E-state index contributed by atoms with van der Waals surface area (Å²) < 4.78 is 0. The molecule has 0 radical (unpaired) electrons. The number of nitrogens with zero attached hydrogens (tertiary/aromatic N) is 1. The molecule has 2 N–H and O–H groups in total. The number of carbonyl (C=O) groups is 1. The molecule has 0 fully saturated rings. The van der Waals surface area contributed by atoms with Gasteiger partial charge in [0, 0.05) is 27.7 Å². The quantitative estimate of drug-likeness (QED) is 0.647. The van der Waals surface area contributed by atoms with E-state index in [1.165, 1.54) is 6.21 Å². The number of oxime groups is 1. The zero-order chi connectivity index (χ0) is 12.3. The van der Waals surface area contributed by atoms with Crippen LogP contribution >= 0.6 is 11.6 Å². The minimum absolute atomic E-state index is 0.454. The highest BCUT2D eigenvalue weighted by Crippen LogP contribution is 2.20. The summed E-state index contributed by atoms with van der Waals surface area (Å²) in [6.45, 7) is -0.454. The fourth-order valence-electron chi connectivity index (χ4n) is 1.41. The average Bonchev–Trinajstić information content (AvgIpc) is 2.66. The maximum Gasteiger partial charge on any atom is 0.344 e. The first-order valence-electron chi connectivity index (χ1n) is 4.80. The van der Waals surface area contributed by atoms with Crippen molar-refractivity contribution in [2.24, 2.45) is 5.16 Å². The van der Waals surface area contributed by atoms with Crippen LogP contribution in [0.5, 0.6) is 0 Å². The van der Waals surface area contributed by atoms with E-state index in [0.29, 0.717) is 5.02 Å². The molecule has 0 atom stereocenters. The van der Waals surface area contributed by atoms with Crippen LogP contribution in [0.1, 0.15) is 5.56 Å². The summed E-state index contributed by atoms with van der Waals surface area (Å²) >= 11 is 5.85. The van der Waals surface area contributed by atoms with Gasteiger partial charge in [-0.2, -0.15) is 0 Å². The highest BCUT2D eigenvalue weighted by Gasteiger charge is 2.02. The van der Waals surface area contributed by atoms with Crippen LogP contribution in [0.4, 0.5) is 0 Å². The number of rotatable bonds is 4. The molecule has 1 aromatic heterocycles. The van der Waals surface area contributed by atoms with Gasteiger partial charge in [-0.3, -0.25) is 0 Å². The number of halogens is 1. The molecule has 0 spiro atoms. The second-order valence-electron chi connectivity index (χ2n) is 3.34. The summed E-state index contributed by atoms with van der Waals surface area (Å²) in [4.78, 5) is 17.8. The fourth-order valence-corrected chi connectivity index (χ4v) is 1.59. The van der Waals surface area contributed by atoms with E-state index in [4.69, 9.17) is 16.7 Å². The van der Waals surface area contributed by atoms with E-state index in [9.17, 15) is 4.79 Å². The van der Waals surface area contributed by atoms with Gasteiger partial charge in [0.05, 0.1) is 6.21 Å². The van der Waals surface area contributed by atoms with Crippen LogP contribution in [-0.2, 0) is 9.63 Å². The number of aromatic nitrogens is 1. The molecule has 0 aliphatic rings. The van der Waals surface area contributed by atoms with Crippen molar-refractivity contribution in [2.45, 2.75) is 0 Å². The van der Waals surface area contributed by atoms with E-state index >= 15 is 0 Å². The standard InChI is InChI=1S/C11H9ClN2O3/c12-8-1-2-9-7(4-13-10(9)3-8)5-14-17-6-11(15)16/h1-5,13H,6H2,(H,15,16)/b14-5+. The zero-order valence-corrected chi connectivity index (χ0v) is 9.44. The topological polar surface area (TPSA) is 74.7 Å². The highest BCUT2D eigenvalue weighted by molar-refractivity contribution is 6.31. The second kappa shape index (κ2) is 4.88. The molecule has 0 saturated carbocycles. The van der Waals surface area contributed by atoms with Crippen molar-refractivity contribution in [3.8, 4) is 0 Å². The first kappa shape index (κ1) is 11.5. The van der Waals surface area contributed by atoms with E-state index in [1.54, 1.807) is 18.3 Å². The van der Waals surface area contributed by atoms with Crippen molar-refractivity contribution in [3.63, 3.8) is 0 Å². The Morgan fingerprint density at radius 1 is 1.59 bits per heavy atom. The summed E-state index contributed by atoms with van der Waals surface area (Å²) in [5, 5.41) is 13.5. The Morgan fingerprint density at radius 2 is 2.41 bits per heavy atom. The van der Waals surface area contributed by atoms with Gasteiger partial charge < -0.3 is 14.9 Å². The monoisotopic (exact) mass is 252 g/mol. The largest absolute Gasteiger partial charge is 0.479 e. The Bertz CT molecular complexity index is 577. The van der Waals surface area contributed by atoms with Gasteiger partial charge in [-0.15, -0.1) is 0 Å². The molecule has 6 heteroatoms. The Kier molecular flexibility index (Phi) is 3.30. The minimum atomic E-state index is -1.06. The third kappa shape index (κ3) is 2.76. The van der Waals surface area contributed by atoms with E-state index in [0.717, 1.165) is 16.5 Å². The van der Waals surface area contributed by atoms with Crippen LogP contribution in [0.25, 0.3) is 10.9 Å². The SMILES string of the molecule is O=C(O)CO/N=C/c1c[nH]c2cc(Cl)ccc12. The number of aliphatic carboxylic acids is 1. The summed E-state index contributed by atoms with van der Waals surface area (Å²) in [5.41, 5.74) is 1.69. The molecule has 0 aliphatic heterocycles. The maximum absolute atomic E-state index is 10.2. The first-order valence-corrected chi connectivity index (χ1v) is 5.18. The minimum Gasteiger partial charge on any atom is -0.479 e. The van der Waals surface area contributed by atoms with Gasteiger partial charge in [-0.25, -0.2) is 4.79 Å². The molecule has 5 nitrogen and oxygen atoms in total. The van der Waals surface area contributed by atoms with Crippen molar-refractivity contribution in [3.05, 3.63) is 35.0 Å². The Balaban J connectivity index is 2.16. The molecular weight excluding hydrogens is 244 g/mol. The number of benzene rings is 1. The molecular formula is C11H9ClN2O3. The summed E-state index contributed by atoms with van der Waals surface area (Å²) in [5.74, 6) is -1.06. The van der Waals surface area contributed by atoms with Gasteiger partial charge in [-0.1, -0.05) is 22.8 Å². The molecule has 2 rings (SSSR count). The average molecular weight is 253 g/mol. The molecule has 1 aromatic carbocycles. The first-order chi connectivity index (χ1) is 8.16. The van der Waals surface area contributed by atoms with E-state index in [2.05, 4.69) is 15.0 Å². The molecule has 0 amide bonds. The van der Waals surface area contributed by atoms with E-state index in [-0.39, 0.29) is 0 Å². The number of hydrogen-bond acceptors (Lipinski definition) is 3. The van der Waals surface area contributed by atoms with Crippen LogP contribution in [0.2, 0.25) is 5.02 Å². The van der Waals surface area contributed by atoms with Gasteiger partial charge in [0.2, 0.25) is 6.61 Å². The van der Waals surface area contributed by atoms with Crippen molar-refractivity contribution in [1.82, 2.24) is 4.98 Å². The number of fused-ring (bicyclic) bond motifs is 1. The predicted molar refractivity (Wildman–Crippen MR) is 64.5 cm³/mol. The molecule has 1 heterocycles. The van der Waals surface area contributed by atoms with Gasteiger partial charge in [0.15, 0.2) is 0 Å². The smallest absolute Gasteiger partial charge is 0.344 e. The number of hydrogen-bond donors (Lipinski definition) is 2. The zero-order valence-electron chi connectivity index (χ0n) is 8.68. The van der Waals surface area contributed by atoms with Crippen molar-refractivity contribution in [2.75, 3.05) is 6.61 Å². The normalized spacial score (nSPS) is 11.1. The lowest BCUT2D eigenvalue weighted by Crippen LogP contribution is -2.03. The van der Waals surface area contributed by atoms with Crippen LogP contribution in [-0.4, -0.2) is 28.9 Å². The third-order valence-electron chi connectivity index (χ3n) is 2.13. The lowest BCUT2D eigenvalue weighted by molar-refractivity contribution is -0.142. The molecule has 17 heavy (non-hydrogen) atoms. The number of carboxylic acid groups (broad SMARTS) is 1. The molecule has 0 aliphatic carbocycles. The van der Waals surface area contributed by atoms with Gasteiger partial charge in [-0.05, 0) is 12.1 Å². The maximum atomic E-state index is 10.2. The summed E-state index contributed by atoms with van der Waals surface area (Å²) in [6, 6.07) is 5.42. The fraction of sp³-hybridized carbons (Fsp3) is 0.0909. The Labute approximate surface area is 102 Å². The number of H-pyrrole nitrogens is 1. The molecule has 88 valence electrons. The molecule has 0 bridgehead atoms. The lowest BCUT2D eigenvalue weighted by atomic mass is 10.2. The number of carboxylic acids is 1. The van der Waals surface area contributed by atoms with Crippen molar-refractivity contribution < 1.29 is 14.7 Å². The molecule has 0 unspecified atom stereocenters. The highest BCUT2D eigenvalue weighted by atomic mass is 35.5. The van der Waals surface area contributed by atoms with Crippen molar-refractivity contribution in [1.29, 1.82) is 0 Å². The van der Waals surface area contributed by atoms with Gasteiger partial charge in [0.25, 0.3) is 0 Å². The number of aromatic amines is 1. The summed E-state index contributed by atoms with van der Waals surface area (Å²) in [7, 11) is 0. The van der Waals surface area contributed by atoms with Crippen LogP contribution in [0, 0.1) is 0 Å². The van der Waals surface area contributed by atoms with E-state index < -0.39 is 12.6 Å². The van der Waals surface area contributed by atoms with Gasteiger partial charge >= 0.3 is 5.97 Å².